The lowest BCUT2D eigenvalue weighted by molar-refractivity contribution is 0.106. The Labute approximate surface area is 116 Å². The molecule has 0 spiro atoms. The van der Waals surface area contributed by atoms with Crippen molar-refractivity contribution < 1.29 is 0 Å². The number of aryl methyl sites for hydroxylation is 1. The molecule has 0 aliphatic carbocycles. The van der Waals surface area contributed by atoms with E-state index in [-0.39, 0.29) is 0 Å². The molecular formula is C15H26N4. The highest BCUT2D eigenvalue weighted by Gasteiger charge is 2.28. The summed E-state index contributed by atoms with van der Waals surface area (Å²) in [5, 5.41) is 0. The predicted molar refractivity (Wildman–Crippen MR) is 78.6 cm³/mol. The zero-order valence-electron chi connectivity index (χ0n) is 12.6. The highest BCUT2D eigenvalue weighted by molar-refractivity contribution is 5.29. The van der Waals surface area contributed by atoms with E-state index in [0.717, 1.165) is 37.1 Å². The number of piperidine rings is 1. The van der Waals surface area contributed by atoms with Crippen LogP contribution in [0.25, 0.3) is 0 Å². The van der Waals surface area contributed by atoms with Crippen LogP contribution in [0.3, 0.4) is 0 Å². The van der Waals surface area contributed by atoms with Gasteiger partial charge in [-0.15, -0.1) is 0 Å². The molecule has 4 nitrogen and oxygen atoms in total. The quantitative estimate of drug-likeness (QED) is 0.890. The van der Waals surface area contributed by atoms with E-state index >= 15 is 0 Å². The van der Waals surface area contributed by atoms with E-state index < -0.39 is 0 Å². The van der Waals surface area contributed by atoms with E-state index in [4.69, 9.17) is 5.73 Å². The minimum absolute atomic E-state index is 0.427. The lowest BCUT2D eigenvalue weighted by Gasteiger charge is -2.38. The maximum atomic E-state index is 5.77. The average molecular weight is 262 g/mol. The number of hydrogen-bond acceptors (Lipinski definition) is 4. The van der Waals surface area contributed by atoms with Crippen molar-refractivity contribution in [2.24, 2.45) is 11.3 Å². The van der Waals surface area contributed by atoms with Crippen molar-refractivity contribution in [3.63, 3.8) is 0 Å². The van der Waals surface area contributed by atoms with Gasteiger partial charge in [-0.1, -0.05) is 20.8 Å². The number of nitrogens with two attached hydrogens (primary N) is 1. The molecule has 2 heterocycles. The Morgan fingerprint density at radius 2 is 1.89 bits per heavy atom. The molecule has 19 heavy (non-hydrogen) atoms. The molecule has 106 valence electrons. The summed E-state index contributed by atoms with van der Waals surface area (Å²) in [6.07, 6.45) is 2.54. The fourth-order valence-electron chi connectivity index (χ4n) is 2.88. The van der Waals surface area contributed by atoms with E-state index in [0.29, 0.717) is 11.2 Å². The first-order valence-electron chi connectivity index (χ1n) is 7.17. The summed E-state index contributed by atoms with van der Waals surface area (Å²) in [6, 6.07) is 1.81. The highest BCUT2D eigenvalue weighted by atomic mass is 15.2. The number of nitrogens with zero attached hydrogens (tertiary/aromatic N) is 3. The van der Waals surface area contributed by atoms with Gasteiger partial charge >= 0.3 is 0 Å². The molecule has 2 N–H and O–H groups in total. The predicted octanol–water partition coefficient (Wildman–Crippen LogP) is 2.63. The van der Waals surface area contributed by atoms with Gasteiger partial charge in [0.1, 0.15) is 11.6 Å². The monoisotopic (exact) mass is 262 g/mol. The van der Waals surface area contributed by atoms with Crippen molar-refractivity contribution in [3.8, 4) is 0 Å². The van der Waals surface area contributed by atoms with Crippen LogP contribution in [-0.4, -0.2) is 28.0 Å². The number of hydrogen-bond donors (Lipinski definition) is 1. The maximum absolute atomic E-state index is 5.77. The lowest BCUT2D eigenvalue weighted by Crippen LogP contribution is -2.37. The molecular weight excluding hydrogens is 236 g/mol. The fourth-order valence-corrected chi connectivity index (χ4v) is 2.88. The van der Waals surface area contributed by atoms with Gasteiger partial charge in [0, 0.05) is 11.8 Å². The Balaban J connectivity index is 1.92. The molecule has 0 aromatic carbocycles. The molecule has 0 amide bonds. The van der Waals surface area contributed by atoms with Crippen LogP contribution in [0, 0.1) is 18.3 Å². The van der Waals surface area contributed by atoms with Crippen LogP contribution in [0.4, 0.5) is 5.82 Å². The Bertz CT molecular complexity index is 408. The zero-order chi connectivity index (χ0) is 14.0. The number of rotatable bonds is 2. The lowest BCUT2D eigenvalue weighted by atomic mass is 9.75. The second kappa shape index (κ2) is 5.45. The van der Waals surface area contributed by atoms with Crippen LogP contribution >= 0.6 is 0 Å². The van der Waals surface area contributed by atoms with Crippen molar-refractivity contribution in [3.05, 3.63) is 17.6 Å². The van der Waals surface area contributed by atoms with Crippen LogP contribution in [0.2, 0.25) is 0 Å². The van der Waals surface area contributed by atoms with Crippen LogP contribution < -0.4 is 5.73 Å². The first kappa shape index (κ1) is 14.3. The molecule has 0 unspecified atom stereocenters. The van der Waals surface area contributed by atoms with Crippen molar-refractivity contribution >= 4 is 5.82 Å². The van der Waals surface area contributed by atoms with E-state index in [1.54, 1.807) is 0 Å². The molecule has 0 atom stereocenters. The van der Waals surface area contributed by atoms with Gasteiger partial charge in [-0.3, -0.25) is 4.90 Å². The zero-order valence-corrected chi connectivity index (χ0v) is 12.6. The largest absolute Gasteiger partial charge is 0.384 e. The molecule has 2 rings (SSSR count). The fraction of sp³-hybridized carbons (Fsp3) is 0.733. The molecule has 0 bridgehead atoms. The van der Waals surface area contributed by atoms with Gasteiger partial charge in [-0.05, 0) is 44.2 Å². The molecule has 1 aliphatic rings. The van der Waals surface area contributed by atoms with Crippen LogP contribution in [0.15, 0.2) is 6.07 Å². The molecule has 1 aromatic heterocycles. The Morgan fingerprint density at radius 1 is 1.26 bits per heavy atom. The minimum atomic E-state index is 0.427. The number of anilines is 1. The standard InChI is InChI=1S/C15H26N4/c1-11-9-13(16)18-14(17-11)10-19-7-5-12(6-8-19)15(2,3)4/h9,12H,5-8,10H2,1-4H3,(H2,16,17,18). The summed E-state index contributed by atoms with van der Waals surface area (Å²) in [5.74, 6) is 2.26. The van der Waals surface area contributed by atoms with E-state index in [1.165, 1.54) is 12.8 Å². The van der Waals surface area contributed by atoms with Gasteiger partial charge in [0.25, 0.3) is 0 Å². The Kier molecular flexibility index (Phi) is 4.09. The second-order valence-electron chi connectivity index (χ2n) is 6.77. The normalized spacial score (nSPS) is 18.7. The summed E-state index contributed by atoms with van der Waals surface area (Å²) in [6.45, 7) is 12.1. The van der Waals surface area contributed by atoms with Gasteiger partial charge < -0.3 is 5.73 Å². The third-order valence-corrected chi connectivity index (χ3v) is 4.10. The van der Waals surface area contributed by atoms with Crippen molar-refractivity contribution in [2.45, 2.75) is 47.1 Å². The Morgan fingerprint density at radius 3 is 2.42 bits per heavy atom. The van der Waals surface area contributed by atoms with Gasteiger partial charge in [-0.2, -0.15) is 0 Å². The number of aromatic nitrogens is 2. The van der Waals surface area contributed by atoms with Gasteiger partial charge in [0.05, 0.1) is 6.54 Å². The highest BCUT2D eigenvalue weighted by Crippen LogP contribution is 2.34. The summed E-state index contributed by atoms with van der Waals surface area (Å²) in [7, 11) is 0. The minimum Gasteiger partial charge on any atom is -0.384 e. The molecule has 1 saturated heterocycles. The molecule has 1 aliphatic heterocycles. The maximum Gasteiger partial charge on any atom is 0.144 e. The van der Waals surface area contributed by atoms with Gasteiger partial charge in [0.15, 0.2) is 0 Å². The first-order valence-corrected chi connectivity index (χ1v) is 7.17. The van der Waals surface area contributed by atoms with Crippen LogP contribution in [0.1, 0.15) is 45.1 Å². The number of nitrogen functional groups attached to an aromatic ring is 1. The van der Waals surface area contributed by atoms with E-state index in [1.807, 2.05) is 13.0 Å². The molecule has 4 heteroatoms. The number of likely N-dealkylation sites (tertiary alicyclic amines) is 1. The average Bonchev–Trinajstić information content (AvgIpc) is 2.26. The molecule has 0 radical (unpaired) electrons. The molecule has 1 fully saturated rings. The van der Waals surface area contributed by atoms with Crippen molar-refractivity contribution in [2.75, 3.05) is 18.8 Å². The van der Waals surface area contributed by atoms with Crippen molar-refractivity contribution in [1.29, 1.82) is 0 Å². The SMILES string of the molecule is Cc1cc(N)nc(CN2CCC(C(C)(C)C)CC2)n1. The topological polar surface area (TPSA) is 55.0 Å². The second-order valence-corrected chi connectivity index (χ2v) is 6.77. The Hall–Kier alpha value is -1.16. The third-order valence-electron chi connectivity index (χ3n) is 4.10. The summed E-state index contributed by atoms with van der Waals surface area (Å²) in [5.41, 5.74) is 7.15. The van der Waals surface area contributed by atoms with E-state index in [9.17, 15) is 0 Å². The van der Waals surface area contributed by atoms with Crippen molar-refractivity contribution in [1.82, 2.24) is 14.9 Å². The van der Waals surface area contributed by atoms with E-state index in [2.05, 4.69) is 35.6 Å². The first-order chi connectivity index (χ1) is 8.84. The van der Waals surface area contributed by atoms with Crippen LogP contribution in [-0.2, 0) is 6.54 Å². The summed E-state index contributed by atoms with van der Waals surface area (Å²) < 4.78 is 0. The van der Waals surface area contributed by atoms with Gasteiger partial charge in [0.2, 0.25) is 0 Å². The van der Waals surface area contributed by atoms with Crippen LogP contribution in [0.5, 0.6) is 0 Å². The smallest absolute Gasteiger partial charge is 0.144 e. The summed E-state index contributed by atoms with van der Waals surface area (Å²) in [4.78, 5) is 11.2. The molecule has 1 aromatic rings. The molecule has 0 saturated carbocycles. The third kappa shape index (κ3) is 3.90. The van der Waals surface area contributed by atoms with Gasteiger partial charge in [-0.25, -0.2) is 9.97 Å². The summed E-state index contributed by atoms with van der Waals surface area (Å²) >= 11 is 0.